The van der Waals surface area contributed by atoms with Gasteiger partial charge in [0.1, 0.15) is 0 Å². The molecule has 0 atom stereocenters. The lowest BCUT2D eigenvalue weighted by molar-refractivity contribution is -0.114. The van der Waals surface area contributed by atoms with E-state index in [1.54, 1.807) is 36.4 Å². The smallest absolute Gasteiger partial charge is 0.262 e. The van der Waals surface area contributed by atoms with E-state index in [4.69, 9.17) is 0 Å². The van der Waals surface area contributed by atoms with E-state index < -0.39 is 5.54 Å². The van der Waals surface area contributed by atoms with Crippen molar-refractivity contribution in [2.45, 2.75) is 31.2 Å². The fraction of sp³-hybridized carbons (Fsp3) is 0.227. The van der Waals surface area contributed by atoms with Crippen LogP contribution in [-0.4, -0.2) is 28.0 Å². The molecule has 4 nitrogen and oxygen atoms in total. The van der Waals surface area contributed by atoms with Crippen LogP contribution in [-0.2, 0) is 11.2 Å². The number of benzene rings is 2. The van der Waals surface area contributed by atoms with Crippen LogP contribution < -0.4 is 0 Å². The number of nitrogens with zero attached hydrogens (tertiary/aromatic N) is 1. The number of hydrogen-bond acceptors (Lipinski definition) is 3. The number of fused-ring (bicyclic) bond motifs is 1. The van der Waals surface area contributed by atoms with Crippen LogP contribution in [0, 0.1) is 0 Å². The molecule has 2 aromatic rings. The minimum atomic E-state index is -0.629. The monoisotopic (exact) mass is 345 g/mol. The summed E-state index contributed by atoms with van der Waals surface area (Å²) in [5.41, 5.74) is 1.39. The van der Waals surface area contributed by atoms with Crippen molar-refractivity contribution < 1.29 is 14.4 Å². The summed E-state index contributed by atoms with van der Waals surface area (Å²) in [7, 11) is 0. The van der Waals surface area contributed by atoms with E-state index in [0.29, 0.717) is 36.8 Å². The van der Waals surface area contributed by atoms with Crippen LogP contribution in [0.5, 0.6) is 0 Å². The first-order valence-electron chi connectivity index (χ1n) is 8.85. The zero-order valence-corrected chi connectivity index (χ0v) is 14.4. The predicted molar refractivity (Wildman–Crippen MR) is 97.8 cm³/mol. The summed E-state index contributed by atoms with van der Waals surface area (Å²) < 4.78 is 0. The molecule has 1 heterocycles. The molecule has 2 amide bonds. The third kappa shape index (κ3) is 2.88. The van der Waals surface area contributed by atoms with Gasteiger partial charge in [0.25, 0.3) is 11.8 Å². The highest BCUT2D eigenvalue weighted by Gasteiger charge is 2.54. The van der Waals surface area contributed by atoms with Crippen molar-refractivity contribution in [2.24, 2.45) is 0 Å². The molecule has 0 spiro atoms. The van der Waals surface area contributed by atoms with Gasteiger partial charge in [-0.1, -0.05) is 48.5 Å². The van der Waals surface area contributed by atoms with E-state index >= 15 is 0 Å². The van der Waals surface area contributed by atoms with Crippen molar-refractivity contribution in [3.8, 4) is 0 Å². The van der Waals surface area contributed by atoms with Gasteiger partial charge in [0, 0.05) is 6.42 Å². The largest absolute Gasteiger partial charge is 0.295 e. The van der Waals surface area contributed by atoms with Crippen molar-refractivity contribution in [1.82, 2.24) is 4.90 Å². The Morgan fingerprint density at radius 2 is 1.50 bits per heavy atom. The summed E-state index contributed by atoms with van der Waals surface area (Å²) in [4.78, 5) is 38.8. The summed E-state index contributed by atoms with van der Waals surface area (Å²) in [5.74, 6) is -0.509. The van der Waals surface area contributed by atoms with Gasteiger partial charge >= 0.3 is 0 Å². The van der Waals surface area contributed by atoms with Crippen LogP contribution in [0.2, 0.25) is 0 Å². The molecule has 0 unspecified atom stereocenters. The zero-order chi connectivity index (χ0) is 18.1. The highest BCUT2D eigenvalue weighted by Crippen LogP contribution is 2.46. The van der Waals surface area contributed by atoms with Crippen molar-refractivity contribution in [3.05, 3.63) is 83.4 Å². The summed E-state index contributed by atoms with van der Waals surface area (Å²) in [6, 6.07) is 16.7. The second-order valence-corrected chi connectivity index (χ2v) is 6.88. The Hall–Kier alpha value is -3.01. The Labute approximate surface area is 152 Å². The Kier molecular flexibility index (Phi) is 4.03. The number of ketones is 1. The summed E-state index contributed by atoms with van der Waals surface area (Å²) >= 11 is 0. The second kappa shape index (κ2) is 6.37. The Bertz CT molecular complexity index is 875. The zero-order valence-electron chi connectivity index (χ0n) is 14.4. The molecule has 1 fully saturated rings. The van der Waals surface area contributed by atoms with Crippen molar-refractivity contribution in [1.29, 1.82) is 0 Å². The molecular weight excluding hydrogens is 326 g/mol. The van der Waals surface area contributed by atoms with Gasteiger partial charge in [-0.25, -0.2) is 0 Å². The van der Waals surface area contributed by atoms with Gasteiger partial charge < -0.3 is 0 Å². The maximum atomic E-state index is 12.6. The van der Waals surface area contributed by atoms with Crippen LogP contribution in [0.15, 0.2) is 66.7 Å². The second-order valence-electron chi connectivity index (χ2n) is 6.88. The van der Waals surface area contributed by atoms with Crippen molar-refractivity contribution >= 4 is 17.6 Å². The van der Waals surface area contributed by atoms with Crippen LogP contribution in [0.4, 0.5) is 0 Å². The summed E-state index contributed by atoms with van der Waals surface area (Å²) in [6.45, 7) is 0. The van der Waals surface area contributed by atoms with Gasteiger partial charge in [-0.3, -0.25) is 19.3 Å². The Morgan fingerprint density at radius 3 is 2.08 bits per heavy atom. The molecule has 1 saturated carbocycles. The van der Waals surface area contributed by atoms with E-state index in [0.717, 1.165) is 5.56 Å². The normalized spacial score (nSPS) is 17.6. The average molecular weight is 345 g/mol. The lowest BCUT2D eigenvalue weighted by Gasteiger charge is -2.22. The van der Waals surface area contributed by atoms with E-state index in [-0.39, 0.29) is 17.6 Å². The number of carbonyl (C=O) groups excluding carboxylic acids is 3. The predicted octanol–water partition coefficient (Wildman–Crippen LogP) is 3.57. The first-order chi connectivity index (χ1) is 12.6. The fourth-order valence-corrected chi connectivity index (χ4v) is 3.43. The average Bonchev–Trinajstić information content (AvgIpc) is 3.41. The maximum absolute atomic E-state index is 12.6. The van der Waals surface area contributed by atoms with Gasteiger partial charge in [-0.05, 0) is 43.0 Å². The van der Waals surface area contributed by atoms with Crippen molar-refractivity contribution in [2.75, 3.05) is 0 Å². The number of rotatable bonds is 6. The molecular formula is C22H19NO3. The molecule has 130 valence electrons. The van der Waals surface area contributed by atoms with Crippen LogP contribution in [0.1, 0.15) is 45.5 Å². The lowest BCUT2D eigenvalue weighted by Crippen LogP contribution is -2.40. The number of imide groups is 1. The maximum Gasteiger partial charge on any atom is 0.262 e. The molecule has 4 rings (SSSR count). The first kappa shape index (κ1) is 16.5. The van der Waals surface area contributed by atoms with Gasteiger partial charge in [0.05, 0.1) is 16.7 Å². The number of aryl methyl sites for hydroxylation is 1. The standard InChI is InChI=1S/C22H19NO3/c24-17(11-10-16-6-2-1-3-7-16)12-13-22(14-15-22)23-20(25)18-8-4-5-9-19(18)21(23)26/h1-9,12-13H,10-11,14-15H2/b13-12+. The minimum Gasteiger partial charge on any atom is -0.295 e. The van der Waals surface area contributed by atoms with E-state index in [1.165, 1.54) is 4.90 Å². The van der Waals surface area contributed by atoms with Crippen LogP contribution >= 0.6 is 0 Å². The minimum absolute atomic E-state index is 0.0109. The topological polar surface area (TPSA) is 54.5 Å². The lowest BCUT2D eigenvalue weighted by atomic mass is 10.1. The van der Waals surface area contributed by atoms with Gasteiger partial charge in [0.15, 0.2) is 5.78 Å². The summed E-state index contributed by atoms with van der Waals surface area (Å²) in [6.07, 6.45) is 5.81. The molecule has 0 aromatic heterocycles. The third-order valence-corrected chi connectivity index (χ3v) is 5.08. The first-order valence-corrected chi connectivity index (χ1v) is 8.85. The molecule has 4 heteroatoms. The fourth-order valence-electron chi connectivity index (χ4n) is 3.43. The Morgan fingerprint density at radius 1 is 0.923 bits per heavy atom. The molecule has 0 bridgehead atoms. The molecule has 0 N–H and O–H groups in total. The molecule has 1 aliphatic carbocycles. The highest BCUT2D eigenvalue weighted by molar-refractivity contribution is 6.22. The van der Waals surface area contributed by atoms with Gasteiger partial charge in [-0.15, -0.1) is 0 Å². The molecule has 0 radical (unpaired) electrons. The molecule has 2 aliphatic rings. The number of allylic oxidation sites excluding steroid dienone is 1. The van der Waals surface area contributed by atoms with Gasteiger partial charge in [-0.2, -0.15) is 0 Å². The SMILES string of the molecule is O=C(/C=C/C1(N2C(=O)c3ccccc3C2=O)CC1)CCc1ccccc1. The highest BCUT2D eigenvalue weighted by atomic mass is 16.2. The number of amides is 2. The van der Waals surface area contributed by atoms with E-state index in [2.05, 4.69) is 0 Å². The number of carbonyl (C=O) groups is 3. The van der Waals surface area contributed by atoms with Crippen LogP contribution in [0.25, 0.3) is 0 Å². The molecule has 2 aromatic carbocycles. The van der Waals surface area contributed by atoms with E-state index in [9.17, 15) is 14.4 Å². The number of hydrogen-bond donors (Lipinski definition) is 0. The quantitative estimate of drug-likeness (QED) is 0.594. The van der Waals surface area contributed by atoms with Crippen molar-refractivity contribution in [3.63, 3.8) is 0 Å². The summed E-state index contributed by atoms with van der Waals surface area (Å²) in [5, 5.41) is 0. The third-order valence-electron chi connectivity index (χ3n) is 5.08. The molecule has 0 saturated heterocycles. The Balaban J connectivity index is 1.45. The molecule has 1 aliphatic heterocycles. The molecule has 26 heavy (non-hydrogen) atoms. The van der Waals surface area contributed by atoms with Gasteiger partial charge in [0.2, 0.25) is 0 Å². The van der Waals surface area contributed by atoms with E-state index in [1.807, 2.05) is 30.3 Å². The van der Waals surface area contributed by atoms with Crippen LogP contribution in [0.3, 0.4) is 0 Å².